The fourth-order valence-electron chi connectivity index (χ4n) is 0.545. The van der Waals surface area contributed by atoms with Crippen LogP contribution in [-0.4, -0.2) is 16.4 Å². The molecule has 0 aliphatic heterocycles. The molecule has 0 aromatic carbocycles. The predicted octanol–water partition coefficient (Wildman–Crippen LogP) is -0.772. The normalized spacial score (nSPS) is 9.64. The van der Waals surface area contributed by atoms with Crippen molar-refractivity contribution >= 4 is 11.9 Å². The lowest BCUT2D eigenvalue weighted by Gasteiger charge is -2.01. The van der Waals surface area contributed by atoms with Crippen molar-refractivity contribution in [3.63, 3.8) is 0 Å². The highest BCUT2D eigenvalue weighted by Gasteiger charge is 2.05. The molecule has 0 amide bonds. The van der Waals surface area contributed by atoms with Gasteiger partial charge in [0.2, 0.25) is 5.88 Å². The van der Waals surface area contributed by atoms with E-state index in [1.165, 1.54) is 0 Å². The van der Waals surface area contributed by atoms with Gasteiger partial charge in [-0.25, -0.2) is 0 Å². The van der Waals surface area contributed by atoms with E-state index in [4.69, 9.17) is 10.4 Å². The Morgan fingerprint density at radius 2 is 2.18 bits per heavy atom. The molecule has 0 unspecified atom stereocenters. The molecule has 0 aliphatic rings. The summed E-state index contributed by atoms with van der Waals surface area (Å²) in [5.41, 5.74) is 0. The monoisotopic (exact) mass is 158 g/mol. The number of carboxylic acid groups (broad SMARTS) is 1. The van der Waals surface area contributed by atoms with Crippen molar-refractivity contribution in [3.8, 4) is 0 Å². The van der Waals surface area contributed by atoms with Crippen LogP contribution in [0.5, 0.6) is 0 Å². The third-order valence-electron chi connectivity index (χ3n) is 0.990. The van der Waals surface area contributed by atoms with E-state index < -0.39 is 11.7 Å². The number of aromatic carboxylic acids is 1. The minimum Gasteiger partial charge on any atom is -0.542 e. The van der Waals surface area contributed by atoms with Gasteiger partial charge in [-0.15, -0.1) is 0 Å². The minimum atomic E-state index is -1.52. The number of anilines is 1. The molecule has 1 rings (SSSR count). The average Bonchev–Trinajstić information content (AvgIpc) is 2.33. The SMILES string of the molecule is O=C([O-])c1ccc(N(O)O)o1. The van der Waals surface area contributed by atoms with Gasteiger partial charge in [-0.2, -0.15) is 0 Å². The van der Waals surface area contributed by atoms with Gasteiger partial charge in [0, 0.05) is 6.07 Å². The minimum absolute atomic E-state index is 0.327. The summed E-state index contributed by atoms with van der Waals surface area (Å²) < 4.78 is 4.37. The number of carboxylic acids is 1. The quantitative estimate of drug-likeness (QED) is 0.548. The molecule has 0 saturated carbocycles. The van der Waals surface area contributed by atoms with Crippen molar-refractivity contribution in [2.24, 2.45) is 0 Å². The molecule has 60 valence electrons. The number of carbonyl (C=O) groups is 1. The van der Waals surface area contributed by atoms with Gasteiger partial charge in [-0.05, 0) is 6.07 Å². The van der Waals surface area contributed by atoms with Crippen LogP contribution in [0.15, 0.2) is 16.5 Å². The summed E-state index contributed by atoms with van der Waals surface area (Å²) >= 11 is 0. The lowest BCUT2D eigenvalue weighted by atomic mass is 10.5. The third-order valence-corrected chi connectivity index (χ3v) is 0.990. The van der Waals surface area contributed by atoms with Gasteiger partial charge < -0.3 is 14.3 Å². The number of rotatable bonds is 2. The molecule has 0 saturated heterocycles. The summed E-state index contributed by atoms with van der Waals surface area (Å²) in [5.74, 6) is -2.37. The fourth-order valence-corrected chi connectivity index (χ4v) is 0.545. The van der Waals surface area contributed by atoms with Crippen LogP contribution in [0.4, 0.5) is 5.88 Å². The van der Waals surface area contributed by atoms with Crippen LogP contribution in [0.3, 0.4) is 0 Å². The zero-order chi connectivity index (χ0) is 8.43. The van der Waals surface area contributed by atoms with Gasteiger partial charge in [-0.1, -0.05) is 5.23 Å². The molecule has 6 nitrogen and oxygen atoms in total. The Bertz CT molecular complexity index is 266. The molecular weight excluding hydrogens is 154 g/mol. The van der Waals surface area contributed by atoms with Gasteiger partial charge in [-0.3, -0.25) is 10.4 Å². The van der Waals surface area contributed by atoms with E-state index in [1.807, 2.05) is 0 Å². The first-order chi connectivity index (χ1) is 5.11. The summed E-state index contributed by atoms with van der Waals surface area (Å²) in [4.78, 5) is 10.1. The topological polar surface area (TPSA) is 97.0 Å². The smallest absolute Gasteiger partial charge is 0.247 e. The van der Waals surface area contributed by atoms with E-state index in [9.17, 15) is 9.90 Å². The lowest BCUT2D eigenvalue weighted by Crippen LogP contribution is -2.21. The predicted molar refractivity (Wildman–Crippen MR) is 29.1 cm³/mol. The summed E-state index contributed by atoms with van der Waals surface area (Å²) in [7, 11) is 0. The maximum absolute atomic E-state index is 10.1. The van der Waals surface area contributed by atoms with E-state index in [0.717, 1.165) is 12.1 Å². The molecule has 1 aromatic rings. The fraction of sp³-hybridized carbons (Fsp3) is 0. The van der Waals surface area contributed by atoms with E-state index in [-0.39, 0.29) is 11.1 Å². The van der Waals surface area contributed by atoms with Crippen molar-refractivity contribution in [1.29, 1.82) is 0 Å². The highest BCUT2D eigenvalue weighted by Crippen LogP contribution is 2.14. The van der Waals surface area contributed by atoms with Gasteiger partial charge in [0.05, 0.1) is 0 Å². The van der Waals surface area contributed by atoms with E-state index in [2.05, 4.69) is 4.42 Å². The molecule has 0 bridgehead atoms. The number of hydrogen-bond donors (Lipinski definition) is 2. The summed E-state index contributed by atoms with van der Waals surface area (Å²) in [5, 5.41) is 26.3. The van der Waals surface area contributed by atoms with E-state index in [0.29, 0.717) is 0 Å². The molecule has 2 N–H and O–H groups in total. The molecule has 6 heteroatoms. The Hall–Kier alpha value is -1.53. The summed E-state index contributed by atoms with van der Waals surface area (Å²) in [6, 6.07) is 2.12. The second kappa shape index (κ2) is 2.60. The number of nitrogens with zero attached hydrogens (tertiary/aromatic N) is 1. The van der Waals surface area contributed by atoms with Crippen LogP contribution in [0.2, 0.25) is 0 Å². The summed E-state index contributed by atoms with van der Waals surface area (Å²) in [6.07, 6.45) is 0. The van der Waals surface area contributed by atoms with Crippen LogP contribution in [0.1, 0.15) is 10.6 Å². The molecule has 11 heavy (non-hydrogen) atoms. The number of hydrogen-bond acceptors (Lipinski definition) is 6. The number of furan rings is 1. The Balaban J connectivity index is 2.90. The Labute approximate surface area is 60.8 Å². The van der Waals surface area contributed by atoms with Crippen LogP contribution in [0, 0.1) is 0 Å². The lowest BCUT2D eigenvalue weighted by molar-refractivity contribution is -0.257. The zero-order valence-corrected chi connectivity index (χ0v) is 5.22. The second-order valence-corrected chi connectivity index (χ2v) is 1.71. The van der Waals surface area contributed by atoms with Crippen molar-refractivity contribution in [2.45, 2.75) is 0 Å². The molecule has 1 heterocycles. The highest BCUT2D eigenvalue weighted by atomic mass is 16.8. The highest BCUT2D eigenvalue weighted by molar-refractivity contribution is 5.82. The van der Waals surface area contributed by atoms with Crippen LogP contribution < -0.4 is 10.3 Å². The van der Waals surface area contributed by atoms with Gasteiger partial charge in [0.25, 0.3) is 0 Å². The maximum atomic E-state index is 10.1. The average molecular weight is 158 g/mol. The van der Waals surface area contributed by atoms with Gasteiger partial charge >= 0.3 is 0 Å². The van der Waals surface area contributed by atoms with Crippen molar-refractivity contribution in [1.82, 2.24) is 0 Å². The standard InChI is InChI=1S/C5H5NO5/c7-5(8)3-1-2-4(11-3)6(9)10/h1-2,9-10H,(H,7,8)/p-1. The molecule has 0 spiro atoms. The third kappa shape index (κ3) is 1.48. The Morgan fingerprint density at radius 1 is 1.55 bits per heavy atom. The molecular formula is C5H4NO5-. The first kappa shape index (κ1) is 7.58. The molecule has 1 aromatic heterocycles. The zero-order valence-electron chi connectivity index (χ0n) is 5.22. The molecule has 0 aliphatic carbocycles. The van der Waals surface area contributed by atoms with Crippen LogP contribution >= 0.6 is 0 Å². The molecule has 0 fully saturated rings. The Kier molecular flexibility index (Phi) is 1.79. The first-order valence-corrected chi connectivity index (χ1v) is 2.60. The largest absolute Gasteiger partial charge is 0.542 e. The Morgan fingerprint density at radius 3 is 2.45 bits per heavy atom. The van der Waals surface area contributed by atoms with Gasteiger partial charge in [0.1, 0.15) is 5.97 Å². The molecule has 0 atom stereocenters. The van der Waals surface area contributed by atoms with Crippen LogP contribution in [0.25, 0.3) is 0 Å². The van der Waals surface area contributed by atoms with Gasteiger partial charge in [0.15, 0.2) is 5.76 Å². The second-order valence-electron chi connectivity index (χ2n) is 1.71. The van der Waals surface area contributed by atoms with Crippen molar-refractivity contribution in [3.05, 3.63) is 17.9 Å². The summed E-state index contributed by atoms with van der Waals surface area (Å²) in [6.45, 7) is 0. The molecule has 0 radical (unpaired) electrons. The van der Waals surface area contributed by atoms with Crippen LogP contribution in [-0.2, 0) is 0 Å². The van der Waals surface area contributed by atoms with Crippen molar-refractivity contribution in [2.75, 3.05) is 5.23 Å². The maximum Gasteiger partial charge on any atom is 0.247 e. The van der Waals surface area contributed by atoms with E-state index in [1.54, 1.807) is 0 Å². The van der Waals surface area contributed by atoms with E-state index >= 15 is 0 Å². The van der Waals surface area contributed by atoms with Crippen molar-refractivity contribution < 1.29 is 24.7 Å². The first-order valence-electron chi connectivity index (χ1n) is 2.60. The number of carbonyl (C=O) groups excluding carboxylic acids is 1.